The highest BCUT2D eigenvalue weighted by molar-refractivity contribution is 6.07. The maximum Gasteiger partial charge on any atom is 0.222 e. The monoisotopic (exact) mass is 416 g/mol. The summed E-state index contributed by atoms with van der Waals surface area (Å²) in [7, 11) is 0. The van der Waals surface area contributed by atoms with E-state index in [-0.39, 0.29) is 29.8 Å². The fourth-order valence-corrected chi connectivity index (χ4v) is 2.85. The van der Waals surface area contributed by atoms with Crippen LogP contribution in [0.5, 0.6) is 5.88 Å². The van der Waals surface area contributed by atoms with Gasteiger partial charge in [-0.25, -0.2) is 9.37 Å². The molecule has 4 aromatic rings. The molecule has 8 nitrogen and oxygen atoms in total. The summed E-state index contributed by atoms with van der Waals surface area (Å²) >= 11 is 0. The molecule has 0 fully saturated rings. The van der Waals surface area contributed by atoms with E-state index in [0.717, 1.165) is 0 Å². The summed E-state index contributed by atoms with van der Waals surface area (Å²) in [4.78, 5) is 12.2. The van der Waals surface area contributed by atoms with E-state index in [2.05, 4.69) is 25.4 Å². The summed E-state index contributed by atoms with van der Waals surface area (Å²) in [6.07, 6.45) is 7.47. The lowest BCUT2D eigenvalue weighted by atomic mass is 10.1. The number of hydrogen-bond acceptors (Lipinski definition) is 8. The van der Waals surface area contributed by atoms with E-state index in [9.17, 15) is 9.50 Å². The molecule has 3 heterocycles. The van der Waals surface area contributed by atoms with Crippen LogP contribution in [-0.2, 0) is 6.54 Å². The zero-order valence-corrected chi connectivity index (χ0v) is 16.2. The molecule has 4 rings (SSSR count). The zero-order chi connectivity index (χ0) is 21.6. The Labute approximate surface area is 176 Å². The predicted octanol–water partition coefficient (Wildman–Crippen LogP) is 3.57. The van der Waals surface area contributed by atoms with Crippen LogP contribution in [0.1, 0.15) is 17.1 Å². The third-order valence-corrected chi connectivity index (χ3v) is 4.43. The number of aromatic nitrogens is 4. The summed E-state index contributed by atoms with van der Waals surface area (Å²) in [5.41, 5.74) is 2.37. The van der Waals surface area contributed by atoms with E-state index in [0.29, 0.717) is 28.1 Å². The number of benzene rings is 1. The molecule has 3 aromatic heterocycles. The number of pyridine rings is 1. The van der Waals surface area contributed by atoms with E-state index in [1.165, 1.54) is 24.6 Å². The fourth-order valence-electron chi connectivity index (χ4n) is 2.85. The summed E-state index contributed by atoms with van der Waals surface area (Å²) in [5, 5.41) is 25.6. The standard InChI is InChI=1S/C22H17FN6O2/c23-17-4-2-1-3-15(17)12-26-20(19-7-10-31-29-19)11-18(24)21-27-13-16(22(30)28-21)14-5-8-25-9-6-14/h1-11,13,24,26H,12H2,(H,27,28,30)/b20-11-,24-18?. The average molecular weight is 416 g/mol. The molecule has 0 amide bonds. The highest BCUT2D eigenvalue weighted by Crippen LogP contribution is 2.26. The Morgan fingerprint density at radius 2 is 1.97 bits per heavy atom. The maximum absolute atomic E-state index is 13.9. The second kappa shape index (κ2) is 8.95. The van der Waals surface area contributed by atoms with E-state index >= 15 is 0 Å². The smallest absolute Gasteiger partial charge is 0.222 e. The van der Waals surface area contributed by atoms with E-state index in [1.807, 2.05) is 0 Å². The summed E-state index contributed by atoms with van der Waals surface area (Å²) < 4.78 is 18.8. The number of hydrogen-bond donors (Lipinski definition) is 3. The molecular weight excluding hydrogens is 399 g/mol. The molecule has 0 atom stereocenters. The minimum Gasteiger partial charge on any atom is -0.493 e. The first-order valence-electron chi connectivity index (χ1n) is 9.27. The fraction of sp³-hybridized carbons (Fsp3) is 0.0455. The van der Waals surface area contributed by atoms with Crippen molar-refractivity contribution >= 4 is 11.4 Å². The van der Waals surface area contributed by atoms with Gasteiger partial charge in [0.1, 0.15) is 23.5 Å². The van der Waals surface area contributed by atoms with Crippen LogP contribution in [0.4, 0.5) is 4.39 Å². The predicted molar refractivity (Wildman–Crippen MR) is 111 cm³/mol. The number of halogens is 1. The Morgan fingerprint density at radius 3 is 2.68 bits per heavy atom. The second-order valence-electron chi connectivity index (χ2n) is 6.47. The van der Waals surface area contributed by atoms with Gasteiger partial charge in [0, 0.05) is 36.8 Å². The first-order chi connectivity index (χ1) is 15.1. The van der Waals surface area contributed by atoms with Crippen LogP contribution in [0.15, 0.2) is 77.9 Å². The van der Waals surface area contributed by atoms with Gasteiger partial charge in [-0.2, -0.15) is 4.98 Å². The van der Waals surface area contributed by atoms with Crippen LogP contribution in [0.3, 0.4) is 0 Å². The van der Waals surface area contributed by atoms with Gasteiger partial charge in [-0.3, -0.25) is 10.4 Å². The molecule has 0 spiro atoms. The molecule has 154 valence electrons. The summed E-state index contributed by atoms with van der Waals surface area (Å²) in [6, 6.07) is 11.4. The topological polar surface area (TPSA) is 121 Å². The van der Waals surface area contributed by atoms with Crippen molar-refractivity contribution in [3.05, 3.63) is 96.3 Å². The average Bonchev–Trinajstić information content (AvgIpc) is 3.33. The van der Waals surface area contributed by atoms with E-state index in [4.69, 9.17) is 9.93 Å². The molecular formula is C22H17FN6O2. The van der Waals surface area contributed by atoms with Crippen molar-refractivity contribution in [1.29, 1.82) is 5.41 Å². The Morgan fingerprint density at radius 1 is 1.16 bits per heavy atom. The quantitative estimate of drug-likeness (QED) is 0.394. The van der Waals surface area contributed by atoms with Crippen molar-refractivity contribution in [3.8, 4) is 17.0 Å². The molecule has 0 unspecified atom stereocenters. The van der Waals surface area contributed by atoms with E-state index < -0.39 is 0 Å². The van der Waals surface area contributed by atoms with Gasteiger partial charge in [0.2, 0.25) is 5.88 Å². The molecule has 3 N–H and O–H groups in total. The van der Waals surface area contributed by atoms with Crippen molar-refractivity contribution in [2.75, 3.05) is 0 Å². The molecule has 0 radical (unpaired) electrons. The van der Waals surface area contributed by atoms with Gasteiger partial charge in [0.15, 0.2) is 5.82 Å². The summed E-state index contributed by atoms with van der Waals surface area (Å²) in [6.45, 7) is 0.172. The van der Waals surface area contributed by atoms with Crippen LogP contribution in [-0.4, -0.2) is 30.9 Å². The third-order valence-electron chi connectivity index (χ3n) is 4.43. The van der Waals surface area contributed by atoms with Crippen molar-refractivity contribution in [1.82, 2.24) is 25.4 Å². The maximum atomic E-state index is 13.9. The lowest BCUT2D eigenvalue weighted by Gasteiger charge is -2.10. The van der Waals surface area contributed by atoms with Gasteiger partial charge < -0.3 is 14.9 Å². The van der Waals surface area contributed by atoms with Crippen molar-refractivity contribution in [2.24, 2.45) is 0 Å². The number of nitrogens with one attached hydrogen (secondary N) is 2. The Bertz CT molecular complexity index is 1230. The van der Waals surface area contributed by atoms with Crippen LogP contribution >= 0.6 is 0 Å². The molecule has 0 aliphatic heterocycles. The minimum absolute atomic E-state index is 0.0176. The molecule has 9 heteroatoms. The number of nitrogens with zero attached hydrogens (tertiary/aromatic N) is 4. The van der Waals surface area contributed by atoms with Gasteiger partial charge in [0.25, 0.3) is 0 Å². The molecule has 0 saturated heterocycles. The van der Waals surface area contributed by atoms with Crippen molar-refractivity contribution < 1.29 is 14.0 Å². The molecule has 0 bridgehead atoms. The molecule has 1 aromatic carbocycles. The van der Waals surface area contributed by atoms with Crippen molar-refractivity contribution in [2.45, 2.75) is 6.54 Å². The Hall–Kier alpha value is -4.40. The number of aromatic hydroxyl groups is 1. The van der Waals surface area contributed by atoms with Crippen LogP contribution in [0, 0.1) is 11.2 Å². The molecule has 0 aliphatic carbocycles. The van der Waals surface area contributed by atoms with Gasteiger partial charge in [-0.15, -0.1) is 0 Å². The van der Waals surface area contributed by atoms with Crippen LogP contribution in [0.2, 0.25) is 0 Å². The molecule has 0 aliphatic rings. The highest BCUT2D eigenvalue weighted by atomic mass is 19.1. The number of rotatable bonds is 7. The van der Waals surface area contributed by atoms with Crippen LogP contribution in [0.25, 0.3) is 16.8 Å². The SMILES string of the molecule is N=C(/C=C(\NCc1ccccc1F)c1ccon1)c1ncc(-c2ccncc2)c(O)n1. The van der Waals surface area contributed by atoms with Gasteiger partial charge in [-0.05, 0) is 29.8 Å². The van der Waals surface area contributed by atoms with Gasteiger partial charge in [0.05, 0.1) is 11.3 Å². The van der Waals surface area contributed by atoms with Gasteiger partial charge >= 0.3 is 0 Å². The Balaban J connectivity index is 1.59. The Kier molecular flexibility index (Phi) is 5.75. The second-order valence-corrected chi connectivity index (χ2v) is 6.47. The summed E-state index contributed by atoms with van der Waals surface area (Å²) in [5.74, 6) is -0.579. The zero-order valence-electron chi connectivity index (χ0n) is 16.2. The molecule has 0 saturated carbocycles. The van der Waals surface area contributed by atoms with Gasteiger partial charge in [-0.1, -0.05) is 23.4 Å². The first kappa shape index (κ1) is 19.9. The first-order valence-corrected chi connectivity index (χ1v) is 9.27. The lowest BCUT2D eigenvalue weighted by Crippen LogP contribution is -2.15. The largest absolute Gasteiger partial charge is 0.493 e. The lowest BCUT2D eigenvalue weighted by molar-refractivity contribution is 0.417. The minimum atomic E-state index is -0.343. The normalized spacial score (nSPS) is 11.3. The highest BCUT2D eigenvalue weighted by Gasteiger charge is 2.13. The van der Waals surface area contributed by atoms with Crippen molar-refractivity contribution in [3.63, 3.8) is 0 Å². The molecule has 31 heavy (non-hydrogen) atoms. The van der Waals surface area contributed by atoms with Crippen LogP contribution < -0.4 is 5.32 Å². The third kappa shape index (κ3) is 4.61. The number of allylic oxidation sites excluding steroid dienone is 1. The van der Waals surface area contributed by atoms with E-state index in [1.54, 1.807) is 48.8 Å².